The minimum absolute atomic E-state index is 0.198. The minimum atomic E-state index is -0.984. The molecule has 0 spiro atoms. The lowest BCUT2D eigenvalue weighted by molar-refractivity contribution is -0.128. The Hall–Kier alpha value is -3.80. The third kappa shape index (κ3) is 12.1. The molecule has 0 saturated carbocycles. The van der Waals surface area contributed by atoms with E-state index in [1.54, 1.807) is 24.3 Å². The zero-order chi connectivity index (χ0) is 26.7. The Kier molecular flexibility index (Phi) is 14.0. The highest BCUT2D eigenvalue weighted by molar-refractivity contribution is 5.87. The SMILES string of the molecule is C=CC(=O)Oc1ccc(N=Nc2ccc(C(=O)O)cc2)c(CCCCCCCC=CCC=CCCC)c1. The molecule has 2 aromatic rings. The van der Waals surface area contributed by atoms with Gasteiger partial charge in [-0.1, -0.05) is 63.5 Å². The molecule has 0 heterocycles. The molecule has 0 aromatic heterocycles. The standard InChI is InChI=1S/C31H38N2O4/c1-3-5-6-7-8-9-10-11-12-13-14-15-16-17-26-24-28(37-30(34)4-2)22-23-29(26)33-32-27-20-18-25(19-21-27)31(35)36/h4,6-7,9-10,18-24H,2-3,5,8,11-17H2,1H3,(H,35,36). The second-order valence-corrected chi connectivity index (χ2v) is 8.74. The molecule has 0 unspecified atom stereocenters. The Morgan fingerprint density at radius 1 is 0.892 bits per heavy atom. The van der Waals surface area contributed by atoms with Crippen molar-refractivity contribution in [3.05, 3.63) is 90.6 Å². The lowest BCUT2D eigenvalue weighted by atomic mass is 10.0. The Balaban J connectivity index is 1.88. The number of carbonyl (C=O) groups is 2. The van der Waals surface area contributed by atoms with Gasteiger partial charge in [-0.15, -0.1) is 0 Å². The van der Waals surface area contributed by atoms with E-state index in [1.807, 2.05) is 6.07 Å². The van der Waals surface area contributed by atoms with Crippen LogP contribution in [0.2, 0.25) is 0 Å². The Bertz CT molecular complexity index is 1080. The quantitative estimate of drug-likeness (QED) is 0.0583. The van der Waals surface area contributed by atoms with Gasteiger partial charge in [-0.3, -0.25) is 0 Å². The molecule has 196 valence electrons. The number of hydrogen-bond acceptors (Lipinski definition) is 5. The van der Waals surface area contributed by atoms with E-state index in [9.17, 15) is 9.59 Å². The molecule has 0 aliphatic heterocycles. The van der Waals surface area contributed by atoms with Gasteiger partial charge in [0.05, 0.1) is 16.9 Å². The van der Waals surface area contributed by atoms with Crippen LogP contribution in [0.3, 0.4) is 0 Å². The van der Waals surface area contributed by atoms with Gasteiger partial charge in [0.1, 0.15) is 5.75 Å². The number of allylic oxidation sites excluding steroid dienone is 4. The molecule has 0 aliphatic rings. The molecule has 2 rings (SSSR count). The Morgan fingerprint density at radius 3 is 2.30 bits per heavy atom. The van der Waals surface area contributed by atoms with Crippen molar-refractivity contribution in [1.29, 1.82) is 0 Å². The van der Waals surface area contributed by atoms with Crippen LogP contribution >= 0.6 is 0 Å². The molecule has 0 saturated heterocycles. The number of aryl methyl sites for hydroxylation is 1. The number of rotatable bonds is 17. The van der Waals surface area contributed by atoms with E-state index in [2.05, 4.69) is 48.0 Å². The van der Waals surface area contributed by atoms with Crippen molar-refractivity contribution in [3.8, 4) is 5.75 Å². The van der Waals surface area contributed by atoms with E-state index < -0.39 is 11.9 Å². The zero-order valence-electron chi connectivity index (χ0n) is 21.8. The number of aromatic carboxylic acids is 1. The molecule has 0 atom stereocenters. The van der Waals surface area contributed by atoms with E-state index in [0.29, 0.717) is 17.1 Å². The predicted octanol–water partition coefficient (Wildman–Crippen LogP) is 9.08. The average molecular weight is 503 g/mol. The number of azo groups is 1. The van der Waals surface area contributed by atoms with Crippen molar-refractivity contribution in [1.82, 2.24) is 0 Å². The van der Waals surface area contributed by atoms with E-state index in [0.717, 1.165) is 50.2 Å². The van der Waals surface area contributed by atoms with Crippen LogP contribution in [0.15, 0.2) is 89.7 Å². The van der Waals surface area contributed by atoms with Crippen LogP contribution in [-0.2, 0) is 11.2 Å². The summed E-state index contributed by atoms with van der Waals surface area (Å²) >= 11 is 0. The van der Waals surface area contributed by atoms with Crippen LogP contribution in [0.25, 0.3) is 0 Å². The summed E-state index contributed by atoms with van der Waals surface area (Å²) in [6.45, 7) is 5.63. The van der Waals surface area contributed by atoms with Gasteiger partial charge in [0, 0.05) is 6.08 Å². The molecule has 37 heavy (non-hydrogen) atoms. The summed E-state index contributed by atoms with van der Waals surface area (Å²) in [5.41, 5.74) is 2.39. The number of carbonyl (C=O) groups excluding carboxylic acids is 1. The topological polar surface area (TPSA) is 88.3 Å². The molecular weight excluding hydrogens is 464 g/mol. The third-order valence-electron chi connectivity index (χ3n) is 5.70. The molecular formula is C31H38N2O4. The fraction of sp³-hybridized carbons (Fsp3) is 0.355. The summed E-state index contributed by atoms with van der Waals surface area (Å²) in [6.07, 6.45) is 21.1. The van der Waals surface area contributed by atoms with Crippen molar-refractivity contribution < 1.29 is 19.4 Å². The average Bonchev–Trinajstić information content (AvgIpc) is 2.91. The van der Waals surface area contributed by atoms with Crippen molar-refractivity contribution in [2.45, 2.75) is 71.1 Å². The number of carboxylic acid groups (broad SMARTS) is 1. The number of esters is 1. The summed E-state index contributed by atoms with van der Waals surface area (Å²) in [5.74, 6) is -1.05. The van der Waals surface area contributed by atoms with E-state index in [-0.39, 0.29) is 5.56 Å². The summed E-state index contributed by atoms with van der Waals surface area (Å²) in [5, 5.41) is 17.7. The molecule has 6 nitrogen and oxygen atoms in total. The predicted molar refractivity (Wildman–Crippen MR) is 149 cm³/mol. The van der Waals surface area contributed by atoms with E-state index in [1.165, 1.54) is 37.8 Å². The number of ether oxygens (including phenoxy) is 1. The highest BCUT2D eigenvalue weighted by atomic mass is 16.5. The minimum Gasteiger partial charge on any atom is -0.478 e. The Morgan fingerprint density at radius 2 is 1.59 bits per heavy atom. The van der Waals surface area contributed by atoms with Crippen LogP contribution in [0.4, 0.5) is 11.4 Å². The second-order valence-electron chi connectivity index (χ2n) is 8.74. The molecule has 6 heteroatoms. The van der Waals surface area contributed by atoms with Gasteiger partial charge in [-0.2, -0.15) is 10.2 Å². The molecule has 0 fully saturated rings. The number of carboxylic acids is 1. The molecule has 0 radical (unpaired) electrons. The summed E-state index contributed by atoms with van der Waals surface area (Å²) < 4.78 is 5.28. The Labute approximate surface area is 220 Å². The maximum atomic E-state index is 11.6. The van der Waals surface area contributed by atoms with Gasteiger partial charge in [-0.25, -0.2) is 9.59 Å². The van der Waals surface area contributed by atoms with Crippen molar-refractivity contribution in [3.63, 3.8) is 0 Å². The smallest absolute Gasteiger partial charge is 0.335 e. The molecule has 0 amide bonds. The van der Waals surface area contributed by atoms with Crippen LogP contribution in [0.5, 0.6) is 5.75 Å². The van der Waals surface area contributed by atoms with Crippen molar-refractivity contribution in [2.24, 2.45) is 10.2 Å². The second kappa shape index (κ2) is 17.6. The first-order valence-corrected chi connectivity index (χ1v) is 13.1. The van der Waals surface area contributed by atoms with E-state index >= 15 is 0 Å². The van der Waals surface area contributed by atoms with Gasteiger partial charge in [0.15, 0.2) is 0 Å². The fourth-order valence-corrected chi connectivity index (χ4v) is 3.64. The lowest BCUT2D eigenvalue weighted by Gasteiger charge is -2.08. The van der Waals surface area contributed by atoms with Crippen LogP contribution < -0.4 is 4.74 Å². The number of unbranched alkanes of at least 4 members (excludes halogenated alkanes) is 6. The zero-order valence-corrected chi connectivity index (χ0v) is 21.8. The fourth-order valence-electron chi connectivity index (χ4n) is 3.64. The summed E-state index contributed by atoms with van der Waals surface area (Å²) in [4.78, 5) is 22.6. The molecule has 0 bridgehead atoms. The van der Waals surface area contributed by atoms with Crippen LogP contribution in [-0.4, -0.2) is 17.0 Å². The van der Waals surface area contributed by atoms with Crippen molar-refractivity contribution in [2.75, 3.05) is 0 Å². The third-order valence-corrected chi connectivity index (χ3v) is 5.70. The maximum Gasteiger partial charge on any atom is 0.335 e. The normalized spacial score (nSPS) is 11.5. The number of benzene rings is 2. The van der Waals surface area contributed by atoms with E-state index in [4.69, 9.17) is 9.84 Å². The van der Waals surface area contributed by atoms with Gasteiger partial charge in [-0.05, 0) is 86.6 Å². The molecule has 2 aromatic carbocycles. The molecule has 1 N–H and O–H groups in total. The van der Waals surface area contributed by atoms with Gasteiger partial charge < -0.3 is 9.84 Å². The van der Waals surface area contributed by atoms with Gasteiger partial charge in [0.25, 0.3) is 0 Å². The highest BCUT2D eigenvalue weighted by Gasteiger charge is 2.08. The molecule has 0 aliphatic carbocycles. The summed E-state index contributed by atoms with van der Waals surface area (Å²) in [7, 11) is 0. The van der Waals surface area contributed by atoms with Crippen LogP contribution in [0.1, 0.15) is 80.6 Å². The highest BCUT2D eigenvalue weighted by Crippen LogP contribution is 2.28. The first kappa shape index (κ1) is 29.4. The van der Waals surface area contributed by atoms with Crippen molar-refractivity contribution >= 4 is 23.3 Å². The first-order chi connectivity index (χ1) is 18.0. The summed E-state index contributed by atoms with van der Waals surface area (Å²) in [6, 6.07) is 11.5. The largest absolute Gasteiger partial charge is 0.478 e. The first-order valence-electron chi connectivity index (χ1n) is 13.1. The van der Waals surface area contributed by atoms with Crippen LogP contribution in [0, 0.1) is 0 Å². The monoisotopic (exact) mass is 502 g/mol. The number of nitrogens with zero attached hydrogens (tertiary/aromatic N) is 2. The van der Waals surface area contributed by atoms with Gasteiger partial charge in [0.2, 0.25) is 0 Å². The maximum absolute atomic E-state index is 11.6. The number of hydrogen-bond donors (Lipinski definition) is 1. The van der Waals surface area contributed by atoms with Gasteiger partial charge >= 0.3 is 11.9 Å². The lowest BCUT2D eigenvalue weighted by Crippen LogP contribution is -2.03.